The van der Waals surface area contributed by atoms with Crippen LogP contribution in [0.4, 0.5) is 4.39 Å². The Balaban J connectivity index is 1.60. The summed E-state index contributed by atoms with van der Waals surface area (Å²) in [6.45, 7) is 3.72. The Morgan fingerprint density at radius 2 is 2.04 bits per heavy atom. The minimum absolute atomic E-state index is 0.0591. The van der Waals surface area contributed by atoms with Crippen molar-refractivity contribution in [2.45, 2.75) is 45.6 Å². The van der Waals surface area contributed by atoms with Gasteiger partial charge in [-0.3, -0.25) is 14.2 Å². The first-order chi connectivity index (χ1) is 13.1. The first-order valence-electron chi connectivity index (χ1n) is 9.73. The van der Waals surface area contributed by atoms with E-state index in [1.807, 2.05) is 11.5 Å². The van der Waals surface area contributed by atoms with E-state index in [0.29, 0.717) is 37.4 Å². The molecule has 1 aromatic heterocycles. The van der Waals surface area contributed by atoms with Gasteiger partial charge in [-0.2, -0.15) is 0 Å². The molecule has 1 saturated carbocycles. The lowest BCUT2D eigenvalue weighted by atomic mass is 10.1. The summed E-state index contributed by atoms with van der Waals surface area (Å²) < 4.78 is 15.3. The molecule has 6 heteroatoms. The normalized spacial score (nSPS) is 16.7. The van der Waals surface area contributed by atoms with E-state index in [4.69, 9.17) is 4.98 Å². The zero-order valence-corrected chi connectivity index (χ0v) is 15.6. The standard InChI is InChI=1S/C21H24FN3O2/c1-2-19-23-18-9-11-24(20(26)15-4-3-5-16(22)12-15)10-8-17(18)21(27)25(19)13-14-6-7-14/h3-5,12,14H,2,6-11,13H2,1H3. The van der Waals surface area contributed by atoms with Crippen molar-refractivity contribution in [3.05, 3.63) is 63.1 Å². The molecule has 1 aliphatic heterocycles. The Kier molecular flexibility index (Phi) is 4.81. The van der Waals surface area contributed by atoms with Gasteiger partial charge in [0.15, 0.2) is 0 Å². The summed E-state index contributed by atoms with van der Waals surface area (Å²) in [6, 6.07) is 5.75. The van der Waals surface area contributed by atoms with E-state index in [1.54, 1.807) is 17.0 Å². The van der Waals surface area contributed by atoms with Crippen molar-refractivity contribution in [3.8, 4) is 0 Å². The van der Waals surface area contributed by atoms with Crippen LogP contribution >= 0.6 is 0 Å². The average molecular weight is 369 g/mol. The lowest BCUT2D eigenvalue weighted by molar-refractivity contribution is 0.0762. The quantitative estimate of drug-likeness (QED) is 0.832. The molecule has 2 aliphatic rings. The van der Waals surface area contributed by atoms with Crippen molar-refractivity contribution in [3.63, 3.8) is 0 Å². The molecular weight excluding hydrogens is 345 g/mol. The van der Waals surface area contributed by atoms with E-state index in [9.17, 15) is 14.0 Å². The van der Waals surface area contributed by atoms with Gasteiger partial charge in [-0.25, -0.2) is 9.37 Å². The summed E-state index contributed by atoms with van der Waals surface area (Å²) in [5.41, 5.74) is 1.96. The van der Waals surface area contributed by atoms with E-state index in [2.05, 4.69) is 0 Å². The third-order valence-corrected chi connectivity index (χ3v) is 5.49. The lowest BCUT2D eigenvalue weighted by Gasteiger charge is -2.20. The number of carbonyl (C=O) groups excluding carboxylic acids is 1. The second-order valence-corrected chi connectivity index (χ2v) is 7.47. The Morgan fingerprint density at radius 1 is 1.26 bits per heavy atom. The zero-order chi connectivity index (χ0) is 19.0. The number of amides is 1. The van der Waals surface area contributed by atoms with Crippen LogP contribution < -0.4 is 5.56 Å². The SMILES string of the molecule is CCc1nc2c(c(=O)n1CC1CC1)CCN(C(=O)c1cccc(F)c1)CC2. The average Bonchev–Trinajstić information content (AvgIpc) is 3.50. The fourth-order valence-electron chi connectivity index (χ4n) is 3.77. The molecule has 5 nitrogen and oxygen atoms in total. The van der Waals surface area contributed by atoms with Gasteiger partial charge in [-0.1, -0.05) is 13.0 Å². The second kappa shape index (κ2) is 7.25. The molecule has 1 aliphatic carbocycles. The van der Waals surface area contributed by atoms with Crippen LogP contribution in [0.2, 0.25) is 0 Å². The topological polar surface area (TPSA) is 55.2 Å². The van der Waals surface area contributed by atoms with Gasteiger partial charge >= 0.3 is 0 Å². The zero-order valence-electron chi connectivity index (χ0n) is 15.6. The first-order valence-corrected chi connectivity index (χ1v) is 9.73. The monoisotopic (exact) mass is 369 g/mol. The molecule has 1 aromatic carbocycles. The highest BCUT2D eigenvalue weighted by atomic mass is 19.1. The number of hydrogen-bond donors (Lipinski definition) is 0. The molecule has 1 amide bonds. The van der Waals surface area contributed by atoms with Crippen molar-refractivity contribution in [2.75, 3.05) is 13.1 Å². The third-order valence-electron chi connectivity index (χ3n) is 5.49. The lowest BCUT2D eigenvalue weighted by Crippen LogP contribution is -2.34. The molecule has 0 saturated heterocycles. The molecule has 0 bridgehead atoms. The van der Waals surface area contributed by atoms with E-state index in [-0.39, 0.29) is 11.5 Å². The molecule has 2 aromatic rings. The molecule has 0 N–H and O–H groups in total. The fraction of sp³-hybridized carbons (Fsp3) is 0.476. The van der Waals surface area contributed by atoms with Crippen molar-refractivity contribution in [2.24, 2.45) is 5.92 Å². The summed E-state index contributed by atoms with van der Waals surface area (Å²) in [6.07, 6.45) is 4.14. The Bertz CT molecular complexity index is 934. The summed E-state index contributed by atoms with van der Waals surface area (Å²) in [4.78, 5) is 32.3. The number of aryl methyl sites for hydroxylation is 1. The number of halogens is 1. The minimum atomic E-state index is -0.420. The predicted molar refractivity (Wildman–Crippen MR) is 100 cm³/mol. The number of hydrogen-bond acceptors (Lipinski definition) is 3. The number of fused-ring (bicyclic) bond motifs is 1. The fourth-order valence-corrected chi connectivity index (χ4v) is 3.77. The van der Waals surface area contributed by atoms with Gasteiger partial charge in [0, 0.05) is 43.6 Å². The van der Waals surface area contributed by atoms with Crippen LogP contribution in [-0.2, 0) is 25.8 Å². The highest BCUT2D eigenvalue weighted by Crippen LogP contribution is 2.30. The van der Waals surface area contributed by atoms with Crippen LogP contribution in [-0.4, -0.2) is 33.4 Å². The van der Waals surface area contributed by atoms with Crippen LogP contribution in [0.5, 0.6) is 0 Å². The highest BCUT2D eigenvalue weighted by Gasteiger charge is 2.27. The predicted octanol–water partition coefficient (Wildman–Crippen LogP) is 2.60. The maximum Gasteiger partial charge on any atom is 0.257 e. The van der Waals surface area contributed by atoms with Crippen LogP contribution in [0.25, 0.3) is 0 Å². The molecule has 0 radical (unpaired) electrons. The molecule has 27 heavy (non-hydrogen) atoms. The molecule has 0 atom stereocenters. The Hall–Kier alpha value is -2.50. The molecule has 2 heterocycles. The summed E-state index contributed by atoms with van der Waals surface area (Å²) in [5, 5.41) is 0. The molecule has 0 unspecified atom stereocenters. The minimum Gasteiger partial charge on any atom is -0.338 e. The summed E-state index contributed by atoms with van der Waals surface area (Å²) in [5.74, 6) is 0.827. The summed E-state index contributed by atoms with van der Waals surface area (Å²) in [7, 11) is 0. The van der Waals surface area contributed by atoms with E-state index < -0.39 is 5.82 Å². The van der Waals surface area contributed by atoms with Crippen LogP contribution in [0.1, 0.15) is 47.2 Å². The van der Waals surface area contributed by atoms with Crippen molar-refractivity contribution in [1.29, 1.82) is 0 Å². The maximum atomic E-state index is 13.5. The Labute approximate surface area is 157 Å². The summed E-state index contributed by atoms with van der Waals surface area (Å²) >= 11 is 0. The number of aromatic nitrogens is 2. The molecule has 0 spiro atoms. The van der Waals surface area contributed by atoms with Gasteiger partial charge < -0.3 is 4.90 Å². The van der Waals surface area contributed by atoms with Gasteiger partial charge in [0.1, 0.15) is 11.6 Å². The van der Waals surface area contributed by atoms with Crippen molar-refractivity contribution in [1.82, 2.24) is 14.5 Å². The number of nitrogens with zero attached hydrogens (tertiary/aromatic N) is 3. The van der Waals surface area contributed by atoms with Gasteiger partial charge in [-0.05, 0) is 43.4 Å². The van der Waals surface area contributed by atoms with E-state index in [0.717, 1.165) is 30.0 Å². The number of carbonyl (C=O) groups is 1. The third kappa shape index (κ3) is 3.66. The van der Waals surface area contributed by atoms with Gasteiger partial charge in [0.2, 0.25) is 0 Å². The molecule has 4 rings (SSSR count). The maximum absolute atomic E-state index is 13.5. The molecular formula is C21H24FN3O2. The smallest absolute Gasteiger partial charge is 0.257 e. The first kappa shape index (κ1) is 17.9. The Morgan fingerprint density at radius 3 is 2.74 bits per heavy atom. The van der Waals surface area contributed by atoms with Gasteiger partial charge in [-0.15, -0.1) is 0 Å². The van der Waals surface area contributed by atoms with Crippen LogP contribution in [0, 0.1) is 11.7 Å². The number of benzene rings is 1. The second-order valence-electron chi connectivity index (χ2n) is 7.47. The number of rotatable bonds is 4. The molecule has 142 valence electrons. The van der Waals surface area contributed by atoms with Crippen molar-refractivity contribution >= 4 is 5.91 Å². The van der Waals surface area contributed by atoms with Gasteiger partial charge in [0.05, 0.1) is 5.69 Å². The van der Waals surface area contributed by atoms with E-state index in [1.165, 1.54) is 25.0 Å². The van der Waals surface area contributed by atoms with Gasteiger partial charge in [0.25, 0.3) is 11.5 Å². The van der Waals surface area contributed by atoms with E-state index >= 15 is 0 Å². The largest absolute Gasteiger partial charge is 0.338 e. The van der Waals surface area contributed by atoms with Crippen LogP contribution in [0.15, 0.2) is 29.1 Å². The molecule has 1 fully saturated rings. The van der Waals surface area contributed by atoms with Crippen molar-refractivity contribution < 1.29 is 9.18 Å². The van der Waals surface area contributed by atoms with Crippen LogP contribution in [0.3, 0.4) is 0 Å². The highest BCUT2D eigenvalue weighted by molar-refractivity contribution is 5.94.